The van der Waals surface area contributed by atoms with Crippen LogP contribution in [0.15, 0.2) is 47.4 Å². The van der Waals surface area contributed by atoms with E-state index in [2.05, 4.69) is 5.32 Å². The second-order valence-corrected chi connectivity index (χ2v) is 10.4. The molecule has 4 nitrogen and oxygen atoms in total. The van der Waals surface area contributed by atoms with Crippen LogP contribution >= 0.6 is 11.6 Å². The molecule has 1 saturated carbocycles. The van der Waals surface area contributed by atoms with Gasteiger partial charge in [-0.3, -0.25) is 4.79 Å². The van der Waals surface area contributed by atoms with E-state index in [1.54, 1.807) is 0 Å². The van der Waals surface area contributed by atoms with Crippen molar-refractivity contribution in [3.63, 3.8) is 0 Å². The minimum absolute atomic E-state index is 0.0118. The Hall–Kier alpha value is -1.99. The van der Waals surface area contributed by atoms with E-state index < -0.39 is 26.2 Å². The summed E-state index contributed by atoms with van der Waals surface area (Å²) in [7, 11) is -4.06. The van der Waals surface area contributed by atoms with Crippen LogP contribution in [0, 0.1) is 17.6 Å². The zero-order valence-electron chi connectivity index (χ0n) is 16.6. The van der Waals surface area contributed by atoms with Crippen molar-refractivity contribution in [1.29, 1.82) is 0 Å². The summed E-state index contributed by atoms with van der Waals surface area (Å²) < 4.78 is 54.6. The van der Waals surface area contributed by atoms with Gasteiger partial charge in [-0.05, 0) is 81.0 Å². The molecule has 0 bridgehead atoms. The number of nitrogens with one attached hydrogen (secondary N) is 1. The molecule has 8 heteroatoms. The molecule has 1 aliphatic rings. The molecule has 0 aliphatic heterocycles. The van der Waals surface area contributed by atoms with E-state index >= 15 is 0 Å². The summed E-state index contributed by atoms with van der Waals surface area (Å²) in [5, 5.41) is 3.12. The van der Waals surface area contributed by atoms with E-state index in [-0.39, 0.29) is 41.5 Å². The third-order valence-electron chi connectivity index (χ3n) is 5.82. The highest BCUT2D eigenvalue weighted by Gasteiger charge is 2.50. The van der Waals surface area contributed by atoms with Crippen LogP contribution in [0.5, 0.6) is 0 Å². The van der Waals surface area contributed by atoms with Crippen molar-refractivity contribution in [2.75, 3.05) is 6.54 Å². The summed E-state index contributed by atoms with van der Waals surface area (Å²) in [6.07, 6.45) is 1.32. The maximum absolute atomic E-state index is 14.8. The Labute approximate surface area is 180 Å². The van der Waals surface area contributed by atoms with Crippen LogP contribution in [0.4, 0.5) is 8.78 Å². The van der Waals surface area contributed by atoms with Gasteiger partial charge in [0, 0.05) is 23.6 Å². The second-order valence-electron chi connectivity index (χ2n) is 7.68. The Morgan fingerprint density at radius 3 is 2.37 bits per heavy atom. The summed E-state index contributed by atoms with van der Waals surface area (Å²) in [6, 6.07) is 8.62. The number of hydrogen-bond donors (Lipinski definition) is 1. The summed E-state index contributed by atoms with van der Waals surface area (Å²) >= 11 is 5.90. The van der Waals surface area contributed by atoms with Crippen LogP contribution < -0.4 is 5.32 Å². The number of halogens is 3. The highest BCUT2D eigenvalue weighted by molar-refractivity contribution is 7.92. The fraction of sp³-hybridized carbons (Fsp3) is 0.409. The van der Waals surface area contributed by atoms with E-state index in [1.807, 2.05) is 6.92 Å². The number of sulfone groups is 1. The highest BCUT2D eigenvalue weighted by Crippen LogP contribution is 2.49. The fourth-order valence-electron chi connectivity index (χ4n) is 4.25. The van der Waals surface area contributed by atoms with E-state index in [9.17, 15) is 22.0 Å². The molecule has 1 amide bonds. The van der Waals surface area contributed by atoms with E-state index in [0.717, 1.165) is 18.2 Å². The molecule has 1 aliphatic carbocycles. The zero-order valence-corrected chi connectivity index (χ0v) is 18.2. The molecule has 0 saturated heterocycles. The van der Waals surface area contributed by atoms with Gasteiger partial charge in [0.05, 0.1) is 4.90 Å². The van der Waals surface area contributed by atoms with Crippen LogP contribution in [-0.2, 0) is 19.4 Å². The Balaban J connectivity index is 2.02. The van der Waals surface area contributed by atoms with Crippen molar-refractivity contribution in [2.45, 2.75) is 48.7 Å². The van der Waals surface area contributed by atoms with Gasteiger partial charge in [-0.15, -0.1) is 0 Å². The SMILES string of the molecule is CCNC(=O)CC1CCC(c2cc(F)ccc2F)(S(=O)(=O)c2ccc(Cl)cc2)CC1. The molecule has 0 heterocycles. The van der Waals surface area contributed by atoms with Crippen LogP contribution in [0.25, 0.3) is 0 Å². The van der Waals surface area contributed by atoms with Crippen molar-refractivity contribution < 1.29 is 22.0 Å². The quantitative estimate of drug-likeness (QED) is 0.666. The Bertz CT molecular complexity index is 1020. The number of carbonyl (C=O) groups excluding carboxylic acids is 1. The summed E-state index contributed by atoms with van der Waals surface area (Å²) in [5.41, 5.74) is -0.158. The second kappa shape index (κ2) is 9.02. The van der Waals surface area contributed by atoms with Gasteiger partial charge in [0.15, 0.2) is 9.84 Å². The highest BCUT2D eigenvalue weighted by atomic mass is 35.5. The minimum Gasteiger partial charge on any atom is -0.356 e. The van der Waals surface area contributed by atoms with Crippen molar-refractivity contribution >= 4 is 27.3 Å². The molecule has 0 aromatic heterocycles. The van der Waals surface area contributed by atoms with Gasteiger partial charge in [0.25, 0.3) is 0 Å². The summed E-state index contributed by atoms with van der Waals surface area (Å²) in [4.78, 5) is 12.0. The van der Waals surface area contributed by atoms with Gasteiger partial charge in [-0.2, -0.15) is 0 Å². The predicted octanol–water partition coefficient (Wildman–Crippen LogP) is 5.00. The van der Waals surface area contributed by atoms with Gasteiger partial charge in [0.1, 0.15) is 16.4 Å². The van der Waals surface area contributed by atoms with Gasteiger partial charge in [0.2, 0.25) is 5.91 Å². The molecule has 1 fully saturated rings. The lowest BCUT2D eigenvalue weighted by molar-refractivity contribution is -0.122. The lowest BCUT2D eigenvalue weighted by Crippen LogP contribution is -2.41. The molecule has 162 valence electrons. The summed E-state index contributed by atoms with van der Waals surface area (Å²) in [6.45, 7) is 2.35. The Morgan fingerprint density at radius 2 is 1.77 bits per heavy atom. The van der Waals surface area contributed by atoms with Crippen LogP contribution in [0.2, 0.25) is 5.02 Å². The van der Waals surface area contributed by atoms with Crippen molar-refractivity contribution in [2.24, 2.45) is 5.92 Å². The van der Waals surface area contributed by atoms with Gasteiger partial charge in [-0.25, -0.2) is 17.2 Å². The molecule has 3 rings (SSSR count). The van der Waals surface area contributed by atoms with Gasteiger partial charge < -0.3 is 5.32 Å². The maximum Gasteiger partial charge on any atom is 0.220 e. The van der Waals surface area contributed by atoms with Crippen molar-refractivity contribution in [1.82, 2.24) is 5.32 Å². The lowest BCUT2D eigenvalue weighted by atomic mass is 9.76. The largest absolute Gasteiger partial charge is 0.356 e. The average Bonchev–Trinajstić information content (AvgIpc) is 2.71. The fourth-order valence-corrected chi connectivity index (χ4v) is 6.54. The number of hydrogen-bond acceptors (Lipinski definition) is 3. The molecule has 30 heavy (non-hydrogen) atoms. The molecule has 2 aromatic rings. The lowest BCUT2D eigenvalue weighted by Gasteiger charge is -2.40. The molecule has 0 radical (unpaired) electrons. The standard InChI is InChI=1S/C22H24ClF2NO3S/c1-2-26-21(27)13-15-9-11-22(12-10-15,19-14-17(24)5-8-20(19)25)30(28,29)18-6-3-16(23)4-7-18/h3-8,14-15H,2,9-13H2,1H3,(H,26,27). The van der Waals surface area contributed by atoms with Crippen LogP contribution in [-0.4, -0.2) is 20.9 Å². The number of rotatable bonds is 6. The monoisotopic (exact) mass is 455 g/mol. The number of amides is 1. The Kier molecular flexibility index (Phi) is 6.82. The zero-order chi connectivity index (χ0) is 21.9. The third-order valence-corrected chi connectivity index (χ3v) is 8.62. The molecule has 0 atom stereocenters. The normalized spacial score (nSPS) is 21.9. The minimum atomic E-state index is -4.06. The first kappa shape index (κ1) is 22.7. The third kappa shape index (κ3) is 4.37. The molecular weight excluding hydrogens is 432 g/mol. The Morgan fingerprint density at radius 1 is 1.13 bits per heavy atom. The summed E-state index contributed by atoms with van der Waals surface area (Å²) in [5.74, 6) is -1.55. The van der Waals surface area contributed by atoms with Crippen molar-refractivity contribution in [3.05, 3.63) is 64.7 Å². The topological polar surface area (TPSA) is 63.2 Å². The van der Waals surface area contributed by atoms with Crippen molar-refractivity contribution in [3.8, 4) is 0 Å². The molecule has 2 aromatic carbocycles. The predicted molar refractivity (Wildman–Crippen MR) is 112 cm³/mol. The van der Waals surface area contributed by atoms with E-state index in [0.29, 0.717) is 24.4 Å². The molecule has 1 N–H and O–H groups in total. The number of benzene rings is 2. The smallest absolute Gasteiger partial charge is 0.220 e. The maximum atomic E-state index is 14.8. The van der Waals surface area contributed by atoms with Gasteiger partial charge >= 0.3 is 0 Å². The molecular formula is C22H24ClF2NO3S. The van der Waals surface area contributed by atoms with E-state index in [1.165, 1.54) is 24.3 Å². The van der Waals surface area contributed by atoms with Crippen LogP contribution in [0.1, 0.15) is 44.6 Å². The van der Waals surface area contributed by atoms with Crippen LogP contribution in [0.3, 0.4) is 0 Å². The average molecular weight is 456 g/mol. The van der Waals surface area contributed by atoms with Gasteiger partial charge in [-0.1, -0.05) is 11.6 Å². The van der Waals surface area contributed by atoms with E-state index in [4.69, 9.17) is 11.6 Å². The molecule has 0 spiro atoms. The first-order valence-corrected chi connectivity index (χ1v) is 11.8. The first-order valence-electron chi connectivity index (χ1n) is 9.92. The number of carbonyl (C=O) groups is 1. The molecule has 0 unspecified atom stereocenters. The first-order chi connectivity index (χ1) is 14.2.